The molecule has 3 rings (SSSR count). The molecule has 0 atom stereocenters. The van der Waals surface area contributed by atoms with E-state index in [0.29, 0.717) is 0 Å². The molecule has 0 spiro atoms. The van der Waals surface area contributed by atoms with Crippen LogP contribution in [-0.4, -0.2) is 19.2 Å². The largest absolute Gasteiger partial charge is 0.289 e. The van der Waals surface area contributed by atoms with E-state index in [2.05, 4.69) is 5.43 Å². The first kappa shape index (κ1) is 18.5. The molecule has 0 fully saturated rings. The van der Waals surface area contributed by atoms with Crippen LogP contribution in [0.25, 0.3) is 10.8 Å². The van der Waals surface area contributed by atoms with Crippen molar-refractivity contribution in [1.82, 2.24) is 10.3 Å². The van der Waals surface area contributed by atoms with Gasteiger partial charge in [0.25, 0.3) is 15.7 Å². The van der Waals surface area contributed by atoms with Gasteiger partial charge in [-0.15, -0.1) is 4.83 Å². The summed E-state index contributed by atoms with van der Waals surface area (Å²) in [6, 6.07) is 17.9. The molecular formula is C18H15N3O5S. The van der Waals surface area contributed by atoms with Crippen molar-refractivity contribution in [1.29, 1.82) is 0 Å². The Hall–Kier alpha value is -3.30. The van der Waals surface area contributed by atoms with Crippen LogP contribution in [0.15, 0.2) is 71.6 Å². The Bertz CT molecular complexity index is 1120. The van der Waals surface area contributed by atoms with Crippen molar-refractivity contribution in [2.24, 2.45) is 0 Å². The molecule has 9 heteroatoms. The third-order valence-corrected chi connectivity index (χ3v) is 5.20. The van der Waals surface area contributed by atoms with Crippen LogP contribution in [0.5, 0.6) is 0 Å². The summed E-state index contributed by atoms with van der Waals surface area (Å²) in [5, 5.41) is 12.8. The fourth-order valence-corrected chi connectivity index (χ4v) is 3.71. The molecule has 0 aliphatic rings. The lowest BCUT2D eigenvalue weighted by molar-refractivity contribution is -0.387. The first-order valence-corrected chi connectivity index (χ1v) is 9.37. The average Bonchev–Trinajstić information content (AvgIpc) is 2.67. The Labute approximate surface area is 155 Å². The predicted octanol–water partition coefficient (Wildman–Crippen LogP) is 2.30. The number of rotatable bonds is 6. The van der Waals surface area contributed by atoms with E-state index in [9.17, 15) is 23.3 Å². The monoisotopic (exact) mass is 385 g/mol. The molecule has 0 bridgehead atoms. The van der Waals surface area contributed by atoms with E-state index in [1.54, 1.807) is 6.07 Å². The third-order valence-electron chi connectivity index (χ3n) is 3.91. The van der Waals surface area contributed by atoms with Gasteiger partial charge in [-0.1, -0.05) is 54.6 Å². The highest BCUT2D eigenvalue weighted by Crippen LogP contribution is 2.22. The molecule has 0 radical (unpaired) electrons. The molecule has 0 heterocycles. The maximum atomic E-state index is 12.3. The standard InChI is InChI=1S/C18H15N3O5S/c22-18(12-14-8-5-7-13-6-1-2-9-15(13)14)19-20-27(25,26)17-11-4-3-10-16(17)21(23)24/h1-11,20H,12H2,(H,19,22). The van der Waals surface area contributed by atoms with Gasteiger partial charge in [0.1, 0.15) is 0 Å². The Morgan fingerprint density at radius 2 is 1.63 bits per heavy atom. The van der Waals surface area contributed by atoms with E-state index in [-0.39, 0.29) is 6.42 Å². The first-order chi connectivity index (χ1) is 12.9. The second-order valence-corrected chi connectivity index (χ2v) is 7.34. The quantitative estimate of drug-likeness (QED) is 0.498. The summed E-state index contributed by atoms with van der Waals surface area (Å²) in [6.45, 7) is 0. The molecule has 2 N–H and O–H groups in total. The molecular weight excluding hydrogens is 370 g/mol. The van der Waals surface area contributed by atoms with E-state index < -0.39 is 31.4 Å². The molecule has 0 saturated carbocycles. The van der Waals surface area contributed by atoms with E-state index in [1.807, 2.05) is 41.2 Å². The zero-order chi connectivity index (χ0) is 19.4. The second-order valence-electron chi connectivity index (χ2n) is 5.69. The molecule has 3 aromatic carbocycles. The molecule has 8 nitrogen and oxygen atoms in total. The lowest BCUT2D eigenvalue weighted by Gasteiger charge is -2.10. The van der Waals surface area contributed by atoms with E-state index in [4.69, 9.17) is 0 Å². The maximum Gasteiger partial charge on any atom is 0.289 e. The van der Waals surface area contributed by atoms with Gasteiger partial charge in [-0.2, -0.15) is 0 Å². The molecule has 1 amide bonds. The number of benzene rings is 3. The van der Waals surface area contributed by atoms with Crippen molar-refractivity contribution in [3.05, 3.63) is 82.4 Å². The number of hydrogen-bond acceptors (Lipinski definition) is 5. The molecule has 0 aliphatic heterocycles. The van der Waals surface area contributed by atoms with E-state index in [1.165, 1.54) is 12.1 Å². The zero-order valence-electron chi connectivity index (χ0n) is 14.0. The Balaban J connectivity index is 1.75. The summed E-state index contributed by atoms with van der Waals surface area (Å²) in [5.41, 5.74) is 2.26. The predicted molar refractivity (Wildman–Crippen MR) is 99.2 cm³/mol. The van der Waals surface area contributed by atoms with Crippen LogP contribution < -0.4 is 10.3 Å². The number of nitrogens with zero attached hydrogens (tertiary/aromatic N) is 1. The minimum atomic E-state index is -4.29. The molecule has 27 heavy (non-hydrogen) atoms. The zero-order valence-corrected chi connectivity index (χ0v) is 14.8. The van der Waals surface area contributed by atoms with Gasteiger partial charge in [-0.05, 0) is 22.4 Å². The van der Waals surface area contributed by atoms with Crippen molar-refractivity contribution in [2.45, 2.75) is 11.3 Å². The van der Waals surface area contributed by atoms with E-state index >= 15 is 0 Å². The lowest BCUT2D eigenvalue weighted by Crippen LogP contribution is -2.42. The van der Waals surface area contributed by atoms with Gasteiger partial charge in [0.2, 0.25) is 5.91 Å². The minimum absolute atomic E-state index is 0.0548. The van der Waals surface area contributed by atoms with Crippen molar-refractivity contribution in [3.63, 3.8) is 0 Å². The average molecular weight is 385 g/mol. The number of hydrazine groups is 1. The van der Waals surface area contributed by atoms with Gasteiger partial charge in [-0.25, -0.2) is 8.42 Å². The van der Waals surface area contributed by atoms with Crippen molar-refractivity contribution in [3.8, 4) is 0 Å². The summed E-state index contributed by atoms with van der Waals surface area (Å²) in [4.78, 5) is 23.8. The van der Waals surface area contributed by atoms with Crippen molar-refractivity contribution in [2.75, 3.05) is 0 Å². The number of nitro benzene ring substituents is 1. The van der Waals surface area contributed by atoms with Crippen LogP contribution >= 0.6 is 0 Å². The Morgan fingerprint density at radius 3 is 2.41 bits per heavy atom. The van der Waals surface area contributed by atoms with Crippen LogP contribution in [0.1, 0.15) is 5.56 Å². The first-order valence-electron chi connectivity index (χ1n) is 7.89. The maximum absolute atomic E-state index is 12.3. The molecule has 0 aliphatic carbocycles. The fourth-order valence-electron chi connectivity index (χ4n) is 2.68. The number of carbonyl (C=O) groups excluding carboxylic acids is 1. The van der Waals surface area contributed by atoms with Gasteiger partial charge >= 0.3 is 0 Å². The van der Waals surface area contributed by atoms with Gasteiger partial charge in [0, 0.05) is 6.07 Å². The van der Waals surface area contributed by atoms with Crippen LogP contribution in [0.2, 0.25) is 0 Å². The van der Waals surface area contributed by atoms with Crippen LogP contribution in [-0.2, 0) is 21.2 Å². The van der Waals surface area contributed by atoms with Crippen molar-refractivity contribution < 1.29 is 18.1 Å². The summed E-state index contributed by atoms with van der Waals surface area (Å²) >= 11 is 0. The number of sulfonamides is 1. The van der Waals surface area contributed by atoms with Crippen LogP contribution in [0, 0.1) is 10.1 Å². The lowest BCUT2D eigenvalue weighted by atomic mass is 10.0. The number of amides is 1. The SMILES string of the molecule is O=C(Cc1cccc2ccccc12)NNS(=O)(=O)c1ccccc1[N+](=O)[O-]. The fraction of sp³-hybridized carbons (Fsp3) is 0.0556. The number of hydrogen-bond donors (Lipinski definition) is 2. The molecule has 0 aromatic heterocycles. The molecule has 138 valence electrons. The highest BCUT2D eigenvalue weighted by Gasteiger charge is 2.25. The summed E-state index contributed by atoms with van der Waals surface area (Å²) in [5.74, 6) is -0.589. The molecule has 0 saturated heterocycles. The van der Waals surface area contributed by atoms with Gasteiger partial charge < -0.3 is 0 Å². The normalized spacial score (nSPS) is 11.3. The summed E-state index contributed by atoms with van der Waals surface area (Å²) in [6.07, 6.45) is -0.0548. The van der Waals surface area contributed by atoms with Crippen molar-refractivity contribution >= 4 is 32.4 Å². The summed E-state index contributed by atoms with van der Waals surface area (Å²) in [7, 11) is -4.29. The number of nitro groups is 1. The molecule has 0 unspecified atom stereocenters. The number of fused-ring (bicyclic) bond motifs is 1. The smallest absolute Gasteiger partial charge is 0.277 e. The third kappa shape index (κ3) is 4.10. The number of nitrogens with one attached hydrogen (secondary N) is 2. The van der Waals surface area contributed by atoms with Gasteiger partial charge in [0.15, 0.2) is 4.90 Å². The summed E-state index contributed by atoms with van der Waals surface area (Å²) < 4.78 is 24.6. The minimum Gasteiger partial charge on any atom is -0.277 e. The van der Waals surface area contributed by atoms with Crippen LogP contribution in [0.4, 0.5) is 5.69 Å². The highest BCUT2D eigenvalue weighted by molar-refractivity contribution is 7.89. The highest BCUT2D eigenvalue weighted by atomic mass is 32.2. The van der Waals surface area contributed by atoms with Crippen LogP contribution in [0.3, 0.4) is 0 Å². The van der Waals surface area contributed by atoms with Gasteiger partial charge in [0.05, 0.1) is 11.3 Å². The Kier molecular flexibility index (Phi) is 5.15. The molecule has 3 aromatic rings. The van der Waals surface area contributed by atoms with E-state index in [0.717, 1.165) is 28.5 Å². The van der Waals surface area contributed by atoms with Gasteiger partial charge in [-0.3, -0.25) is 20.3 Å². The number of carbonyl (C=O) groups is 1. The second kappa shape index (κ2) is 7.52. The topological polar surface area (TPSA) is 118 Å². The number of para-hydroxylation sites is 1. The Morgan fingerprint density at radius 1 is 0.963 bits per heavy atom.